The number of benzene rings is 1. The molecule has 0 saturated heterocycles. The molecule has 0 saturated carbocycles. The molecule has 0 radical (unpaired) electrons. The predicted molar refractivity (Wildman–Crippen MR) is 66.6 cm³/mol. The molecule has 0 amide bonds. The summed E-state index contributed by atoms with van der Waals surface area (Å²) in [5, 5.41) is 0. The molecule has 0 aromatic heterocycles. The molecule has 1 rings (SSSR count). The molecule has 0 bridgehead atoms. The summed E-state index contributed by atoms with van der Waals surface area (Å²) in [6, 6.07) is 8.18. The third-order valence-electron chi connectivity index (χ3n) is 2.47. The van der Waals surface area contributed by atoms with Gasteiger partial charge in [0, 0.05) is 0 Å². The predicted octanol–water partition coefficient (Wildman–Crippen LogP) is 3.42. The van der Waals surface area contributed by atoms with Crippen LogP contribution in [0.2, 0.25) is 0 Å². The van der Waals surface area contributed by atoms with Crippen LogP contribution in [0.1, 0.15) is 19.4 Å². The smallest absolute Gasteiger partial charge is 0.118 e. The molecule has 0 unspecified atom stereocenters. The minimum absolute atomic E-state index is 0.102. The van der Waals surface area contributed by atoms with Gasteiger partial charge in [0.2, 0.25) is 0 Å². The third-order valence-corrected chi connectivity index (χ3v) is 2.47. The highest BCUT2D eigenvalue weighted by Gasteiger charge is 2.14. The molecule has 0 atom stereocenters. The fraction of sp³-hybridized carbons (Fsp3) is 0.429. The van der Waals surface area contributed by atoms with Crippen molar-refractivity contribution in [2.45, 2.75) is 20.3 Å². The zero-order chi connectivity index (χ0) is 12.0. The van der Waals surface area contributed by atoms with Gasteiger partial charge in [0.1, 0.15) is 5.75 Å². The Hall–Kier alpha value is -1.44. The van der Waals surface area contributed by atoms with Crippen molar-refractivity contribution in [3.8, 4) is 5.75 Å². The largest absolute Gasteiger partial charge is 0.505 e. The van der Waals surface area contributed by atoms with E-state index in [2.05, 4.69) is 32.1 Å². The minimum Gasteiger partial charge on any atom is -0.505 e. The Labute approximate surface area is 97.9 Å². The molecule has 1 aromatic rings. The maximum absolute atomic E-state index is 5.13. The van der Waals surface area contributed by atoms with Gasteiger partial charge in [0.05, 0.1) is 20.5 Å². The van der Waals surface area contributed by atoms with E-state index in [0.717, 1.165) is 12.2 Å². The first-order valence-electron chi connectivity index (χ1n) is 5.41. The first kappa shape index (κ1) is 12.6. The number of rotatable bonds is 5. The van der Waals surface area contributed by atoms with E-state index >= 15 is 0 Å². The standard InChI is InChI=1S/C14H20O2/c1-14(2,9-10-15-3)11-12-5-7-13(16-4)8-6-12/h5-10H,11H2,1-4H3. The molecular formula is C14H20O2. The lowest BCUT2D eigenvalue weighted by Gasteiger charge is -2.20. The Balaban J connectivity index is 2.68. The molecule has 16 heavy (non-hydrogen) atoms. The summed E-state index contributed by atoms with van der Waals surface area (Å²) in [6.45, 7) is 4.37. The Morgan fingerprint density at radius 3 is 2.25 bits per heavy atom. The number of hydrogen-bond acceptors (Lipinski definition) is 2. The van der Waals surface area contributed by atoms with Gasteiger partial charge >= 0.3 is 0 Å². The highest BCUT2D eigenvalue weighted by molar-refractivity contribution is 5.28. The second-order valence-electron chi connectivity index (χ2n) is 4.55. The maximum Gasteiger partial charge on any atom is 0.118 e. The van der Waals surface area contributed by atoms with Crippen molar-refractivity contribution >= 4 is 0 Å². The van der Waals surface area contributed by atoms with E-state index in [1.54, 1.807) is 20.5 Å². The first-order chi connectivity index (χ1) is 7.57. The van der Waals surface area contributed by atoms with E-state index in [4.69, 9.17) is 9.47 Å². The van der Waals surface area contributed by atoms with Crippen LogP contribution >= 0.6 is 0 Å². The monoisotopic (exact) mass is 220 g/mol. The highest BCUT2D eigenvalue weighted by Crippen LogP contribution is 2.24. The Morgan fingerprint density at radius 2 is 1.75 bits per heavy atom. The minimum atomic E-state index is 0.102. The molecule has 2 nitrogen and oxygen atoms in total. The Bertz CT molecular complexity index is 336. The van der Waals surface area contributed by atoms with Crippen LogP contribution < -0.4 is 4.74 Å². The van der Waals surface area contributed by atoms with Gasteiger partial charge in [-0.15, -0.1) is 0 Å². The van der Waals surface area contributed by atoms with Gasteiger partial charge in [-0.3, -0.25) is 0 Å². The summed E-state index contributed by atoms with van der Waals surface area (Å²) in [7, 11) is 3.35. The maximum atomic E-state index is 5.13. The van der Waals surface area contributed by atoms with Crippen LogP contribution in [0.4, 0.5) is 0 Å². The van der Waals surface area contributed by atoms with Crippen LogP contribution in [-0.2, 0) is 11.2 Å². The number of hydrogen-bond donors (Lipinski definition) is 0. The van der Waals surface area contributed by atoms with E-state index in [1.165, 1.54) is 5.56 Å². The van der Waals surface area contributed by atoms with Crippen LogP contribution in [0.15, 0.2) is 36.6 Å². The van der Waals surface area contributed by atoms with Crippen molar-refractivity contribution in [1.82, 2.24) is 0 Å². The third kappa shape index (κ3) is 3.97. The molecule has 1 aromatic carbocycles. The van der Waals surface area contributed by atoms with Crippen molar-refractivity contribution in [3.05, 3.63) is 42.2 Å². The lowest BCUT2D eigenvalue weighted by Crippen LogP contribution is -2.11. The average molecular weight is 220 g/mol. The van der Waals surface area contributed by atoms with E-state index < -0.39 is 0 Å². The van der Waals surface area contributed by atoms with Crippen molar-refractivity contribution in [3.63, 3.8) is 0 Å². The average Bonchev–Trinajstić information content (AvgIpc) is 2.27. The summed E-state index contributed by atoms with van der Waals surface area (Å²) in [6.07, 6.45) is 4.80. The first-order valence-corrected chi connectivity index (χ1v) is 5.41. The van der Waals surface area contributed by atoms with Crippen LogP contribution in [-0.4, -0.2) is 14.2 Å². The fourth-order valence-corrected chi connectivity index (χ4v) is 1.58. The summed E-state index contributed by atoms with van der Waals surface area (Å²) < 4.78 is 10.1. The Kier molecular flexibility index (Phi) is 4.41. The Morgan fingerprint density at radius 1 is 1.12 bits per heavy atom. The molecule has 0 aliphatic rings. The number of ether oxygens (including phenoxy) is 2. The van der Waals surface area contributed by atoms with E-state index in [-0.39, 0.29) is 5.41 Å². The topological polar surface area (TPSA) is 18.5 Å². The van der Waals surface area contributed by atoms with Gasteiger partial charge in [-0.2, -0.15) is 0 Å². The van der Waals surface area contributed by atoms with Crippen LogP contribution in [0, 0.1) is 5.41 Å². The van der Waals surface area contributed by atoms with Gasteiger partial charge in [-0.05, 0) is 35.6 Å². The van der Waals surface area contributed by atoms with Crippen molar-refractivity contribution in [2.75, 3.05) is 14.2 Å². The molecule has 0 aliphatic heterocycles. The molecule has 0 spiro atoms. The molecule has 0 aliphatic carbocycles. The molecular weight excluding hydrogens is 200 g/mol. The lowest BCUT2D eigenvalue weighted by atomic mass is 9.86. The van der Waals surface area contributed by atoms with Crippen LogP contribution in [0.3, 0.4) is 0 Å². The quantitative estimate of drug-likeness (QED) is 0.708. The zero-order valence-corrected chi connectivity index (χ0v) is 10.5. The normalized spacial score (nSPS) is 11.8. The van der Waals surface area contributed by atoms with Crippen molar-refractivity contribution < 1.29 is 9.47 Å². The van der Waals surface area contributed by atoms with Crippen LogP contribution in [0.25, 0.3) is 0 Å². The van der Waals surface area contributed by atoms with Gasteiger partial charge in [-0.25, -0.2) is 0 Å². The molecule has 0 N–H and O–H groups in total. The summed E-state index contributed by atoms with van der Waals surface area (Å²) in [5.74, 6) is 0.897. The zero-order valence-electron chi connectivity index (χ0n) is 10.5. The summed E-state index contributed by atoms with van der Waals surface area (Å²) in [5.41, 5.74) is 1.40. The van der Waals surface area contributed by atoms with E-state index in [0.29, 0.717) is 0 Å². The molecule has 2 heteroatoms. The van der Waals surface area contributed by atoms with Crippen molar-refractivity contribution in [2.24, 2.45) is 5.41 Å². The van der Waals surface area contributed by atoms with E-state index in [9.17, 15) is 0 Å². The molecule has 0 fully saturated rings. The van der Waals surface area contributed by atoms with Gasteiger partial charge in [0.15, 0.2) is 0 Å². The fourth-order valence-electron chi connectivity index (χ4n) is 1.58. The number of methoxy groups -OCH3 is 2. The van der Waals surface area contributed by atoms with Gasteiger partial charge in [0.25, 0.3) is 0 Å². The second-order valence-corrected chi connectivity index (χ2v) is 4.55. The highest BCUT2D eigenvalue weighted by atomic mass is 16.5. The number of allylic oxidation sites excluding steroid dienone is 1. The van der Waals surface area contributed by atoms with Gasteiger partial charge in [-0.1, -0.05) is 26.0 Å². The molecule has 88 valence electrons. The van der Waals surface area contributed by atoms with E-state index in [1.807, 2.05) is 12.1 Å². The lowest BCUT2D eigenvalue weighted by molar-refractivity contribution is 0.326. The molecule has 0 heterocycles. The van der Waals surface area contributed by atoms with Crippen molar-refractivity contribution in [1.29, 1.82) is 0 Å². The SMILES string of the molecule is COC=CC(C)(C)Cc1ccc(OC)cc1. The van der Waals surface area contributed by atoms with Gasteiger partial charge < -0.3 is 9.47 Å². The summed E-state index contributed by atoms with van der Waals surface area (Å²) >= 11 is 0. The summed E-state index contributed by atoms with van der Waals surface area (Å²) in [4.78, 5) is 0. The second kappa shape index (κ2) is 5.59. The van der Waals surface area contributed by atoms with Crippen LogP contribution in [0.5, 0.6) is 5.75 Å².